The third kappa shape index (κ3) is 26.4. The molecule has 142 heavy (non-hydrogen) atoms. The summed E-state index contributed by atoms with van der Waals surface area (Å²) in [6, 6.07) is 64.2. The van der Waals surface area contributed by atoms with Crippen molar-refractivity contribution in [3.8, 4) is 44.5 Å². The first-order valence-corrected chi connectivity index (χ1v) is 48.4. The molecular weight excluding hydrogens is 1780 g/mol. The number of carbonyl (C=O) groups excluding carboxylic acids is 4. The Bertz CT molecular complexity index is 6980. The van der Waals surface area contributed by atoms with Gasteiger partial charge in [0.2, 0.25) is 0 Å². The second-order valence-electron chi connectivity index (χ2n) is 38.3. The molecule has 0 unspecified atom stereocenters. The number of piperazine rings is 3. The van der Waals surface area contributed by atoms with Crippen molar-refractivity contribution in [1.29, 1.82) is 0 Å². The number of aromatic amines is 4. The standard InChI is InChI=1S/2C28H33N7O.C27H31N7O.C27H30N6O2/c1-33(2)18-20-4-7-24(8-5-20)30-28(36)27-25-15-22(6-9-26(25)31-32-27)23-14-21(16-29-17-23)19-35-12-10-34(3)11-13-35;1-33(2)18-20-5-4-6-24(14-20)30-28(36)27-25-15-22(7-8-26(25)31-32-27)23-13-21(16-29-17-23)19-35-11-9-34(3)10-12-35;1-32(2)23-7-5-22(6-8-23)29-27(35)26-24-15-20(4-9-25(24)30-31-26)21-14-19(16-28-17-21)18-34-12-10-33(3)11-13-34;1-32(2)17-19-3-6-23(7-4-19)29-27(34)26-24-14-21(5-8-25(24)30-31-26)22-13-20(15-28-16-22)18-33-9-11-35-12-10-33/h4-9,14-17H,10-13,18-19H2,1-3H3,(H,30,36)(H,31,32);4-8,13-17H,9-12,18-19H2,1-3H3,(H,30,36)(H,31,32);4-9,14-17H,10-13,18H2,1-3H3,(H,29,35)(H,30,31);3-8,13-16H,9-12,17-18H2,1-2H3,(H,29,34)(H,30,31). The SMILES string of the molecule is CN(C)Cc1ccc(NC(=O)c2n[nH]c3ccc(-c4cncc(CN5CCN(C)CC5)c4)cc23)cc1.CN(C)Cc1ccc(NC(=O)c2n[nH]c3ccc(-c4cncc(CN5CCOCC5)c4)cc23)cc1.CN(C)Cc1cccc(NC(=O)c2n[nH]c3ccc(-c4cncc(CN5CCN(C)CC5)c4)cc23)c1.CN1CCN(Cc2cncc(-c3ccc4[nH]nc(C(=O)Nc5ccc(N(C)C)cc5)c4c3)c2)CC1. The first-order chi connectivity index (χ1) is 68.9. The molecule has 0 bridgehead atoms. The number of ether oxygens (including phenoxy) is 1. The van der Waals surface area contributed by atoms with Crippen LogP contribution in [0.4, 0.5) is 28.4 Å². The summed E-state index contributed by atoms with van der Waals surface area (Å²) in [5.41, 5.74) is 25.2. The molecule has 8 aromatic carbocycles. The fourth-order valence-electron chi connectivity index (χ4n) is 18.0. The molecule has 4 saturated heterocycles. The first kappa shape index (κ1) is 99.1. The molecule has 8 aromatic heterocycles. The molecule has 32 heteroatoms. The highest BCUT2D eigenvalue weighted by molar-refractivity contribution is 6.15. The van der Waals surface area contributed by atoms with Crippen molar-refractivity contribution in [2.75, 3.05) is 209 Å². The minimum atomic E-state index is -0.243. The lowest BCUT2D eigenvalue weighted by atomic mass is 10.0. The Balaban J connectivity index is 0.000000130. The third-order valence-corrected chi connectivity index (χ3v) is 25.9. The van der Waals surface area contributed by atoms with Crippen LogP contribution in [0.3, 0.4) is 0 Å². The molecule has 4 aliphatic rings. The number of hydrogen-bond acceptors (Lipinski definition) is 24. The van der Waals surface area contributed by atoms with E-state index in [4.69, 9.17) is 4.74 Å². The minimum Gasteiger partial charge on any atom is -0.379 e. The van der Waals surface area contributed by atoms with E-state index >= 15 is 0 Å². The summed E-state index contributed by atoms with van der Waals surface area (Å²) in [6.45, 7) is 22.4. The van der Waals surface area contributed by atoms with Crippen molar-refractivity contribution in [3.05, 3.63) is 305 Å². The maximum absolute atomic E-state index is 13.1. The number of anilines is 5. The average molecular weight is 1910 g/mol. The summed E-state index contributed by atoms with van der Waals surface area (Å²) in [7, 11) is 22.7. The topological polar surface area (TPSA) is 328 Å². The van der Waals surface area contributed by atoms with E-state index in [-0.39, 0.29) is 23.6 Å². The molecule has 32 nitrogen and oxygen atoms in total. The smallest absolute Gasteiger partial charge is 0.276 e. The van der Waals surface area contributed by atoms with E-state index in [1.165, 1.54) is 27.8 Å². The molecule has 732 valence electrons. The molecule has 0 atom stereocenters. The molecule has 0 spiro atoms. The predicted octanol–water partition coefficient (Wildman–Crippen LogP) is 14.8. The van der Waals surface area contributed by atoms with E-state index in [1.54, 1.807) is 0 Å². The van der Waals surface area contributed by atoms with Gasteiger partial charge < -0.3 is 60.3 Å². The molecule has 4 aliphatic heterocycles. The minimum absolute atomic E-state index is 0.234. The number of H-pyrrole nitrogens is 4. The summed E-state index contributed by atoms with van der Waals surface area (Å²) >= 11 is 0. The zero-order valence-corrected chi connectivity index (χ0v) is 82.9. The van der Waals surface area contributed by atoms with Gasteiger partial charge in [0.05, 0.1) is 35.3 Å². The largest absolute Gasteiger partial charge is 0.379 e. The number of aromatic nitrogens is 12. The second kappa shape index (κ2) is 46.7. The Morgan fingerprint density at radius 2 is 0.570 bits per heavy atom. The lowest BCUT2D eigenvalue weighted by Gasteiger charge is -2.32. The maximum Gasteiger partial charge on any atom is 0.276 e. The van der Waals surface area contributed by atoms with Crippen LogP contribution in [0.5, 0.6) is 0 Å². The molecule has 0 aliphatic carbocycles. The highest BCUT2D eigenvalue weighted by Gasteiger charge is 2.25. The maximum atomic E-state index is 13.1. The predicted molar refractivity (Wildman–Crippen MR) is 566 cm³/mol. The van der Waals surface area contributed by atoms with Gasteiger partial charge in [0.15, 0.2) is 22.8 Å². The number of hydrogen-bond donors (Lipinski definition) is 8. The Labute approximate surface area is 828 Å². The molecule has 16 aromatic rings. The molecule has 20 rings (SSSR count). The van der Waals surface area contributed by atoms with Crippen LogP contribution in [0.15, 0.2) is 244 Å². The van der Waals surface area contributed by atoms with E-state index < -0.39 is 0 Å². The van der Waals surface area contributed by atoms with Gasteiger partial charge in [-0.1, -0.05) is 60.7 Å². The van der Waals surface area contributed by atoms with Crippen LogP contribution >= 0.6 is 0 Å². The van der Waals surface area contributed by atoms with Crippen molar-refractivity contribution in [2.24, 2.45) is 0 Å². The number of nitrogens with zero attached hydrogens (tertiary/aromatic N) is 19. The fourth-order valence-corrected chi connectivity index (χ4v) is 18.0. The Morgan fingerprint density at radius 1 is 0.289 bits per heavy atom. The number of pyridine rings is 4. The van der Waals surface area contributed by atoms with Gasteiger partial charge in [0, 0.05) is 273 Å². The Hall–Kier alpha value is -14.5. The van der Waals surface area contributed by atoms with Crippen molar-refractivity contribution < 1.29 is 23.9 Å². The first-order valence-electron chi connectivity index (χ1n) is 48.4. The molecule has 0 radical (unpaired) electrons. The molecule has 8 N–H and O–H groups in total. The third-order valence-electron chi connectivity index (χ3n) is 25.9. The van der Waals surface area contributed by atoms with Crippen molar-refractivity contribution >= 4 is 95.7 Å². The van der Waals surface area contributed by atoms with Gasteiger partial charge in [-0.15, -0.1) is 0 Å². The Kier molecular flexibility index (Phi) is 32.6. The number of amides is 4. The van der Waals surface area contributed by atoms with Crippen LogP contribution in [0.2, 0.25) is 0 Å². The summed E-state index contributed by atoms with van der Waals surface area (Å²) in [5.74, 6) is -0.955. The van der Waals surface area contributed by atoms with Crippen molar-refractivity contribution in [1.82, 2.24) is 110 Å². The van der Waals surface area contributed by atoms with Crippen LogP contribution in [0.25, 0.3) is 88.1 Å². The van der Waals surface area contributed by atoms with E-state index in [9.17, 15) is 19.2 Å². The molecule has 4 amide bonds. The van der Waals surface area contributed by atoms with Gasteiger partial charge in [-0.05, 0) is 258 Å². The number of likely N-dealkylation sites (N-methyl/N-ethyl adjacent to an activating group) is 3. The van der Waals surface area contributed by atoms with E-state index in [0.717, 1.165) is 278 Å². The highest BCUT2D eigenvalue weighted by atomic mass is 16.5. The normalized spacial score (nSPS) is 14.8. The average Bonchev–Trinajstić information content (AvgIpc) is 1.64. The quantitative estimate of drug-likeness (QED) is 0.0237. The van der Waals surface area contributed by atoms with Crippen molar-refractivity contribution in [2.45, 2.75) is 45.8 Å². The van der Waals surface area contributed by atoms with Crippen LogP contribution in [-0.2, 0) is 50.6 Å². The molecular formula is C110H127N27O5. The number of fused-ring (bicyclic) bond motifs is 4. The number of morpholine rings is 1. The molecule has 4 fully saturated rings. The van der Waals surface area contributed by atoms with E-state index in [0.29, 0.717) is 22.8 Å². The van der Waals surface area contributed by atoms with Crippen LogP contribution in [0, 0.1) is 0 Å². The summed E-state index contributed by atoms with van der Waals surface area (Å²) in [4.78, 5) is 95.5. The van der Waals surface area contributed by atoms with Gasteiger partial charge in [0.25, 0.3) is 23.6 Å². The number of rotatable bonds is 27. The number of carbonyl (C=O) groups is 4. The second-order valence-corrected chi connectivity index (χ2v) is 38.3. The van der Waals surface area contributed by atoms with Crippen LogP contribution in [0.1, 0.15) is 80.9 Å². The zero-order valence-electron chi connectivity index (χ0n) is 82.9. The van der Waals surface area contributed by atoms with Gasteiger partial charge in [-0.25, -0.2) is 0 Å². The molecule has 12 heterocycles. The van der Waals surface area contributed by atoms with Gasteiger partial charge >= 0.3 is 0 Å². The lowest BCUT2D eigenvalue weighted by molar-refractivity contribution is 0.0341. The van der Waals surface area contributed by atoms with Gasteiger partial charge in [-0.3, -0.25) is 79.1 Å². The lowest BCUT2D eigenvalue weighted by Crippen LogP contribution is -2.43. The number of benzene rings is 8. The van der Waals surface area contributed by atoms with Gasteiger partial charge in [0.1, 0.15) is 0 Å². The fraction of sp³-hybridized carbons (Fsp3) is 0.309. The molecule has 0 saturated carbocycles. The van der Waals surface area contributed by atoms with E-state index in [2.05, 4.69) is 182 Å². The zero-order chi connectivity index (χ0) is 98.7. The van der Waals surface area contributed by atoms with Crippen molar-refractivity contribution in [3.63, 3.8) is 0 Å². The number of nitrogens with one attached hydrogen (secondary N) is 8. The monoisotopic (exact) mass is 1910 g/mol. The summed E-state index contributed by atoms with van der Waals surface area (Å²) in [6.07, 6.45) is 15.2. The summed E-state index contributed by atoms with van der Waals surface area (Å²) in [5, 5.41) is 44.2. The van der Waals surface area contributed by atoms with Gasteiger partial charge in [-0.2, -0.15) is 20.4 Å². The van der Waals surface area contributed by atoms with Crippen LogP contribution < -0.4 is 26.2 Å². The van der Waals surface area contributed by atoms with Crippen LogP contribution in [-0.4, -0.2) is 316 Å². The Morgan fingerprint density at radius 3 is 0.866 bits per heavy atom. The van der Waals surface area contributed by atoms with E-state index in [1.807, 2.05) is 275 Å². The highest BCUT2D eigenvalue weighted by Crippen LogP contribution is 2.34. The summed E-state index contributed by atoms with van der Waals surface area (Å²) < 4.78 is 5.45.